The molecule has 0 saturated carbocycles. The molecule has 1 aliphatic heterocycles. The highest BCUT2D eigenvalue weighted by Gasteiger charge is 2.37. The number of aromatic nitrogens is 2. The highest BCUT2D eigenvalue weighted by molar-refractivity contribution is 4.90. The number of hydrogen-bond donors (Lipinski definition) is 2. The van der Waals surface area contributed by atoms with Gasteiger partial charge in [0.1, 0.15) is 6.23 Å². The maximum absolute atomic E-state index is 11.5. The Bertz CT molecular complexity index is 556. The topological polar surface area (TPSA) is 88.7 Å². The molecule has 0 aliphatic carbocycles. The van der Waals surface area contributed by atoms with Crippen LogP contribution in [0.25, 0.3) is 4.85 Å². The minimum Gasteiger partial charge on any atom is -0.390 e. The Morgan fingerprint density at radius 3 is 3.06 bits per heavy atom. The van der Waals surface area contributed by atoms with Crippen LogP contribution in [0.3, 0.4) is 0 Å². The number of nitrogens with one attached hydrogen (secondary N) is 1. The monoisotopic (exact) mass is 237 g/mol. The van der Waals surface area contributed by atoms with Gasteiger partial charge in [-0.1, -0.05) is 0 Å². The summed E-state index contributed by atoms with van der Waals surface area (Å²) in [5.41, 5.74) is -1.07. The van der Waals surface area contributed by atoms with E-state index in [1.807, 2.05) is 0 Å². The third kappa shape index (κ3) is 2.27. The molecule has 2 N–H and O–H groups in total. The van der Waals surface area contributed by atoms with Crippen LogP contribution in [0.1, 0.15) is 12.6 Å². The van der Waals surface area contributed by atoms with Crippen molar-refractivity contribution in [2.24, 2.45) is 0 Å². The number of H-pyrrole nitrogens is 1. The molecule has 7 heteroatoms. The third-order valence-corrected chi connectivity index (χ3v) is 2.64. The first-order chi connectivity index (χ1) is 8.11. The number of hydrogen-bond acceptors (Lipinski definition) is 4. The van der Waals surface area contributed by atoms with Crippen LogP contribution in [-0.4, -0.2) is 33.4 Å². The van der Waals surface area contributed by atoms with Gasteiger partial charge in [-0.15, -0.1) is 0 Å². The first-order valence-electron chi connectivity index (χ1n) is 5.10. The smallest absolute Gasteiger partial charge is 0.330 e. The molecular formula is C10H11N3O4. The SMILES string of the molecule is [C-]#[N+]CC1OC(n2ccc(=O)[nH]c2=O)CC1O. The van der Waals surface area contributed by atoms with Gasteiger partial charge in [0.2, 0.25) is 6.54 Å². The molecule has 2 rings (SSSR count). The molecule has 3 atom stereocenters. The van der Waals surface area contributed by atoms with Crippen molar-refractivity contribution in [3.05, 3.63) is 44.5 Å². The van der Waals surface area contributed by atoms with Crippen molar-refractivity contribution in [1.29, 1.82) is 0 Å². The van der Waals surface area contributed by atoms with Gasteiger partial charge in [0.15, 0.2) is 6.10 Å². The van der Waals surface area contributed by atoms with Crippen molar-refractivity contribution >= 4 is 0 Å². The standard InChI is InChI=1S/C10H11N3O4/c1-11-5-7-6(14)4-9(17-7)13-3-2-8(15)12-10(13)16/h2-3,6-7,9,14H,4-5H2,(H,12,15,16). The lowest BCUT2D eigenvalue weighted by Gasteiger charge is -2.12. The Hall–Kier alpha value is -1.91. The molecule has 17 heavy (non-hydrogen) atoms. The van der Waals surface area contributed by atoms with Crippen LogP contribution < -0.4 is 11.2 Å². The summed E-state index contributed by atoms with van der Waals surface area (Å²) >= 11 is 0. The van der Waals surface area contributed by atoms with E-state index in [4.69, 9.17) is 11.3 Å². The fraction of sp³-hybridized carbons (Fsp3) is 0.500. The fourth-order valence-electron chi connectivity index (χ4n) is 1.79. The highest BCUT2D eigenvalue weighted by Crippen LogP contribution is 2.27. The van der Waals surface area contributed by atoms with Gasteiger partial charge in [0.05, 0.1) is 6.10 Å². The minimum absolute atomic E-state index is 0.0514. The number of ether oxygens (including phenoxy) is 1. The first kappa shape index (κ1) is 11.6. The molecule has 90 valence electrons. The molecule has 3 unspecified atom stereocenters. The van der Waals surface area contributed by atoms with Gasteiger partial charge >= 0.3 is 5.69 Å². The molecule has 2 heterocycles. The Kier molecular flexibility index (Phi) is 3.08. The number of aliphatic hydroxyl groups is 1. The van der Waals surface area contributed by atoms with Gasteiger partial charge in [0, 0.05) is 18.7 Å². The lowest BCUT2D eigenvalue weighted by atomic mass is 10.2. The van der Waals surface area contributed by atoms with E-state index in [1.165, 1.54) is 16.8 Å². The highest BCUT2D eigenvalue weighted by atomic mass is 16.5. The molecule has 1 saturated heterocycles. The second-order valence-electron chi connectivity index (χ2n) is 3.79. The molecule has 1 fully saturated rings. The number of aromatic amines is 1. The zero-order valence-corrected chi connectivity index (χ0v) is 8.87. The van der Waals surface area contributed by atoms with E-state index in [1.54, 1.807) is 0 Å². The lowest BCUT2D eigenvalue weighted by Crippen LogP contribution is -2.31. The van der Waals surface area contributed by atoms with Crippen molar-refractivity contribution < 1.29 is 9.84 Å². The predicted molar refractivity (Wildman–Crippen MR) is 57.3 cm³/mol. The number of aliphatic hydroxyl groups excluding tert-OH is 1. The minimum atomic E-state index is -0.770. The van der Waals surface area contributed by atoms with E-state index in [-0.39, 0.29) is 13.0 Å². The van der Waals surface area contributed by atoms with Crippen molar-refractivity contribution in [1.82, 2.24) is 9.55 Å². The van der Waals surface area contributed by atoms with Crippen LogP contribution in [0.4, 0.5) is 0 Å². The van der Waals surface area contributed by atoms with Crippen LogP contribution in [0.15, 0.2) is 21.9 Å². The second kappa shape index (κ2) is 4.53. The summed E-state index contributed by atoms with van der Waals surface area (Å²) in [5, 5.41) is 9.64. The lowest BCUT2D eigenvalue weighted by molar-refractivity contribution is -0.0115. The number of rotatable bonds is 2. The summed E-state index contributed by atoms with van der Waals surface area (Å²) in [4.78, 5) is 27.6. The molecule has 1 aliphatic rings. The van der Waals surface area contributed by atoms with E-state index in [0.717, 1.165) is 0 Å². The Morgan fingerprint density at radius 1 is 1.65 bits per heavy atom. The van der Waals surface area contributed by atoms with E-state index in [2.05, 4.69) is 9.83 Å². The van der Waals surface area contributed by atoms with Gasteiger partial charge in [-0.25, -0.2) is 11.4 Å². The van der Waals surface area contributed by atoms with E-state index >= 15 is 0 Å². The summed E-state index contributed by atoms with van der Waals surface area (Å²) in [6.45, 7) is 6.77. The molecule has 1 aromatic heterocycles. The summed E-state index contributed by atoms with van der Waals surface area (Å²) in [5.74, 6) is 0. The summed E-state index contributed by atoms with van der Waals surface area (Å²) in [6, 6.07) is 1.21. The molecule has 0 radical (unpaired) electrons. The maximum atomic E-state index is 11.5. The van der Waals surface area contributed by atoms with Gasteiger partial charge in [-0.3, -0.25) is 14.3 Å². The van der Waals surface area contributed by atoms with Gasteiger partial charge in [-0.2, -0.15) is 0 Å². The second-order valence-corrected chi connectivity index (χ2v) is 3.79. The Labute approximate surface area is 96.1 Å². The van der Waals surface area contributed by atoms with Crippen molar-refractivity contribution in [2.75, 3.05) is 6.54 Å². The van der Waals surface area contributed by atoms with Gasteiger partial charge in [-0.05, 0) is 0 Å². The van der Waals surface area contributed by atoms with E-state index < -0.39 is 29.7 Å². The third-order valence-electron chi connectivity index (χ3n) is 2.64. The molecule has 0 bridgehead atoms. The Balaban J connectivity index is 2.23. The summed E-state index contributed by atoms with van der Waals surface area (Å²) in [7, 11) is 0. The molecule has 0 amide bonds. The van der Waals surface area contributed by atoms with Crippen molar-refractivity contribution in [2.45, 2.75) is 24.9 Å². The van der Waals surface area contributed by atoms with Crippen molar-refractivity contribution in [3.63, 3.8) is 0 Å². The molecular weight excluding hydrogens is 226 g/mol. The van der Waals surface area contributed by atoms with E-state index in [0.29, 0.717) is 0 Å². The predicted octanol–water partition coefficient (Wildman–Crippen LogP) is -0.896. The quantitative estimate of drug-likeness (QED) is 0.653. The van der Waals surface area contributed by atoms with Crippen LogP contribution in [-0.2, 0) is 4.74 Å². The number of nitrogens with zero attached hydrogens (tertiary/aromatic N) is 2. The average Bonchev–Trinajstić information content (AvgIpc) is 2.60. The zero-order chi connectivity index (χ0) is 12.4. The van der Waals surface area contributed by atoms with Crippen LogP contribution >= 0.6 is 0 Å². The molecule has 0 aromatic carbocycles. The molecule has 7 nitrogen and oxygen atoms in total. The van der Waals surface area contributed by atoms with Crippen molar-refractivity contribution in [3.8, 4) is 0 Å². The first-order valence-corrected chi connectivity index (χ1v) is 5.10. The Morgan fingerprint density at radius 2 is 2.41 bits per heavy atom. The van der Waals surface area contributed by atoms with Crippen LogP contribution in [0.2, 0.25) is 0 Å². The molecule has 1 aromatic rings. The van der Waals surface area contributed by atoms with Crippen LogP contribution in [0.5, 0.6) is 0 Å². The molecule has 0 spiro atoms. The largest absolute Gasteiger partial charge is 0.390 e. The summed E-state index contributed by atoms with van der Waals surface area (Å²) in [6.07, 6.45) is -0.449. The summed E-state index contributed by atoms with van der Waals surface area (Å²) < 4.78 is 6.60. The maximum Gasteiger partial charge on any atom is 0.330 e. The fourth-order valence-corrected chi connectivity index (χ4v) is 1.79. The van der Waals surface area contributed by atoms with E-state index in [9.17, 15) is 14.7 Å². The average molecular weight is 237 g/mol. The van der Waals surface area contributed by atoms with Gasteiger partial charge in [0.25, 0.3) is 5.56 Å². The van der Waals surface area contributed by atoms with Gasteiger partial charge < -0.3 is 14.7 Å². The normalized spacial score (nSPS) is 27.9. The zero-order valence-electron chi connectivity index (χ0n) is 8.87. The van der Waals surface area contributed by atoms with Crippen LogP contribution in [0, 0.1) is 6.57 Å².